The van der Waals surface area contributed by atoms with Crippen molar-refractivity contribution in [2.45, 2.75) is 25.9 Å². The lowest BCUT2D eigenvalue weighted by atomic mass is 10.1. The molecular weight excluding hydrogens is 304 g/mol. The average molecular weight is 324 g/mol. The van der Waals surface area contributed by atoms with E-state index in [1.165, 1.54) is 11.3 Å². The highest BCUT2D eigenvalue weighted by atomic mass is 16.7. The Morgan fingerprint density at radius 2 is 2.04 bits per heavy atom. The number of carbonyl (C=O) groups excluding carboxylic acids is 1. The first kappa shape index (κ1) is 14.9. The first-order valence-electron chi connectivity index (χ1n) is 8.23. The van der Waals surface area contributed by atoms with E-state index >= 15 is 0 Å². The molecule has 0 fully saturated rings. The van der Waals surface area contributed by atoms with E-state index in [4.69, 9.17) is 9.47 Å². The number of para-hydroxylation sites is 1. The van der Waals surface area contributed by atoms with Crippen molar-refractivity contribution in [1.82, 2.24) is 5.32 Å². The predicted octanol–water partition coefficient (Wildman–Crippen LogP) is 2.48. The molecule has 0 saturated carbocycles. The zero-order chi connectivity index (χ0) is 16.5. The van der Waals surface area contributed by atoms with Crippen molar-refractivity contribution in [1.29, 1.82) is 0 Å². The molecule has 24 heavy (non-hydrogen) atoms. The Kier molecular flexibility index (Phi) is 3.76. The quantitative estimate of drug-likeness (QED) is 0.939. The van der Waals surface area contributed by atoms with Crippen molar-refractivity contribution >= 4 is 11.6 Å². The molecule has 2 heterocycles. The van der Waals surface area contributed by atoms with Gasteiger partial charge in [0, 0.05) is 18.8 Å². The number of nitrogens with one attached hydrogen (secondary N) is 1. The summed E-state index contributed by atoms with van der Waals surface area (Å²) in [4.78, 5) is 14.7. The molecule has 0 radical (unpaired) electrons. The number of carbonyl (C=O) groups is 1. The minimum atomic E-state index is -0.192. The van der Waals surface area contributed by atoms with Crippen molar-refractivity contribution in [2.75, 3.05) is 18.2 Å². The number of fused-ring (bicyclic) bond motifs is 2. The van der Waals surface area contributed by atoms with Crippen LogP contribution in [0.4, 0.5) is 5.69 Å². The monoisotopic (exact) mass is 324 g/mol. The van der Waals surface area contributed by atoms with Crippen LogP contribution in [0.3, 0.4) is 0 Å². The molecule has 0 spiro atoms. The fraction of sp³-hybridized carbons (Fsp3) is 0.316. The van der Waals surface area contributed by atoms with E-state index in [9.17, 15) is 4.79 Å². The standard InChI is InChI=1S/C19H20N2O3/c1-13(21-9-8-15-4-2-3-5-16(15)21)19(22)20-11-14-6-7-17-18(10-14)24-12-23-17/h2-7,10,13H,8-9,11-12H2,1H3,(H,20,22)/t13-/m1/s1. The molecule has 0 aromatic heterocycles. The number of amides is 1. The van der Waals surface area contributed by atoms with Gasteiger partial charge in [-0.1, -0.05) is 24.3 Å². The largest absolute Gasteiger partial charge is 0.454 e. The van der Waals surface area contributed by atoms with Gasteiger partial charge in [-0.25, -0.2) is 0 Å². The fourth-order valence-electron chi connectivity index (χ4n) is 3.30. The van der Waals surface area contributed by atoms with Gasteiger partial charge in [-0.15, -0.1) is 0 Å². The highest BCUT2D eigenvalue weighted by Gasteiger charge is 2.27. The molecule has 0 bridgehead atoms. The number of anilines is 1. The predicted molar refractivity (Wildman–Crippen MR) is 91.4 cm³/mol. The van der Waals surface area contributed by atoms with Crippen LogP contribution in [0.2, 0.25) is 0 Å². The summed E-state index contributed by atoms with van der Waals surface area (Å²) in [6, 6.07) is 13.8. The Labute approximate surface area is 141 Å². The second-order valence-corrected chi connectivity index (χ2v) is 6.15. The number of rotatable bonds is 4. The van der Waals surface area contributed by atoms with Gasteiger partial charge < -0.3 is 19.7 Å². The Morgan fingerprint density at radius 1 is 1.21 bits per heavy atom. The lowest BCUT2D eigenvalue weighted by molar-refractivity contribution is -0.122. The molecular formula is C19H20N2O3. The SMILES string of the molecule is C[C@H](C(=O)NCc1ccc2c(c1)OCO2)N1CCc2ccccc21. The van der Waals surface area contributed by atoms with Crippen LogP contribution >= 0.6 is 0 Å². The highest BCUT2D eigenvalue weighted by molar-refractivity contribution is 5.85. The molecule has 124 valence electrons. The lowest BCUT2D eigenvalue weighted by Gasteiger charge is -2.26. The Bertz CT molecular complexity index is 775. The Balaban J connectivity index is 1.40. The molecule has 5 heteroatoms. The summed E-state index contributed by atoms with van der Waals surface area (Å²) in [6.45, 7) is 3.58. The van der Waals surface area contributed by atoms with E-state index < -0.39 is 0 Å². The molecule has 5 nitrogen and oxygen atoms in total. The van der Waals surface area contributed by atoms with Gasteiger partial charge in [0.1, 0.15) is 6.04 Å². The van der Waals surface area contributed by atoms with Gasteiger partial charge in [-0.05, 0) is 42.7 Å². The minimum absolute atomic E-state index is 0.0318. The van der Waals surface area contributed by atoms with E-state index in [2.05, 4.69) is 22.3 Å². The van der Waals surface area contributed by atoms with Crippen molar-refractivity contribution in [2.24, 2.45) is 0 Å². The zero-order valence-electron chi connectivity index (χ0n) is 13.6. The minimum Gasteiger partial charge on any atom is -0.454 e. The second kappa shape index (κ2) is 6.07. The molecule has 0 aliphatic carbocycles. The van der Waals surface area contributed by atoms with Crippen molar-refractivity contribution < 1.29 is 14.3 Å². The number of benzene rings is 2. The molecule has 2 aromatic carbocycles. The molecule has 0 saturated heterocycles. The number of hydrogen-bond donors (Lipinski definition) is 1. The molecule has 0 unspecified atom stereocenters. The number of nitrogens with zero attached hydrogens (tertiary/aromatic N) is 1. The second-order valence-electron chi connectivity index (χ2n) is 6.15. The van der Waals surface area contributed by atoms with Crippen LogP contribution in [0, 0.1) is 0 Å². The molecule has 1 atom stereocenters. The van der Waals surface area contributed by atoms with Gasteiger partial charge >= 0.3 is 0 Å². The third kappa shape index (κ3) is 2.66. The third-order valence-electron chi connectivity index (χ3n) is 4.67. The highest BCUT2D eigenvalue weighted by Crippen LogP contribution is 2.32. The topological polar surface area (TPSA) is 50.8 Å². The van der Waals surface area contributed by atoms with E-state index in [0.717, 1.165) is 30.0 Å². The van der Waals surface area contributed by atoms with Crippen LogP contribution in [0.15, 0.2) is 42.5 Å². The van der Waals surface area contributed by atoms with Gasteiger partial charge in [0.25, 0.3) is 0 Å². The van der Waals surface area contributed by atoms with Crippen LogP contribution in [-0.4, -0.2) is 25.3 Å². The van der Waals surface area contributed by atoms with Gasteiger partial charge in [0.15, 0.2) is 11.5 Å². The van der Waals surface area contributed by atoms with E-state index in [1.807, 2.05) is 37.3 Å². The molecule has 1 N–H and O–H groups in total. The third-order valence-corrected chi connectivity index (χ3v) is 4.67. The molecule has 2 aliphatic rings. The summed E-state index contributed by atoms with van der Waals surface area (Å²) in [7, 11) is 0. The Morgan fingerprint density at radius 3 is 2.96 bits per heavy atom. The molecule has 2 aliphatic heterocycles. The lowest BCUT2D eigenvalue weighted by Crippen LogP contribution is -2.44. The maximum Gasteiger partial charge on any atom is 0.242 e. The van der Waals surface area contributed by atoms with Crippen molar-refractivity contribution in [3.8, 4) is 11.5 Å². The fourth-order valence-corrected chi connectivity index (χ4v) is 3.30. The number of hydrogen-bond acceptors (Lipinski definition) is 4. The van der Waals surface area contributed by atoms with Crippen LogP contribution in [0.5, 0.6) is 11.5 Å². The average Bonchev–Trinajstić information content (AvgIpc) is 3.25. The molecule has 1 amide bonds. The maximum absolute atomic E-state index is 12.5. The van der Waals surface area contributed by atoms with E-state index in [0.29, 0.717) is 6.54 Å². The maximum atomic E-state index is 12.5. The van der Waals surface area contributed by atoms with Crippen LogP contribution < -0.4 is 19.7 Å². The van der Waals surface area contributed by atoms with E-state index in [-0.39, 0.29) is 18.7 Å². The zero-order valence-corrected chi connectivity index (χ0v) is 13.6. The summed E-state index contributed by atoms with van der Waals surface area (Å²) in [5.41, 5.74) is 3.48. The van der Waals surface area contributed by atoms with Crippen LogP contribution in [0.1, 0.15) is 18.1 Å². The number of ether oxygens (including phenoxy) is 2. The van der Waals surface area contributed by atoms with Crippen molar-refractivity contribution in [3.05, 3.63) is 53.6 Å². The Hall–Kier alpha value is -2.69. The van der Waals surface area contributed by atoms with Gasteiger partial charge in [-0.3, -0.25) is 4.79 Å². The summed E-state index contributed by atoms with van der Waals surface area (Å²) in [6.07, 6.45) is 0.996. The van der Waals surface area contributed by atoms with Gasteiger partial charge in [0.05, 0.1) is 0 Å². The molecule has 4 rings (SSSR count). The first-order valence-corrected chi connectivity index (χ1v) is 8.23. The summed E-state index contributed by atoms with van der Waals surface area (Å²) in [5, 5.41) is 3.02. The summed E-state index contributed by atoms with van der Waals surface area (Å²) >= 11 is 0. The van der Waals surface area contributed by atoms with Crippen molar-refractivity contribution in [3.63, 3.8) is 0 Å². The van der Waals surface area contributed by atoms with Crippen LogP contribution in [0.25, 0.3) is 0 Å². The first-order chi connectivity index (χ1) is 11.7. The molecule has 2 aromatic rings. The van der Waals surface area contributed by atoms with Gasteiger partial charge in [-0.2, -0.15) is 0 Å². The van der Waals surface area contributed by atoms with Gasteiger partial charge in [0.2, 0.25) is 12.7 Å². The van der Waals surface area contributed by atoms with E-state index in [1.54, 1.807) is 0 Å². The normalized spacial score (nSPS) is 16.0. The smallest absolute Gasteiger partial charge is 0.242 e. The van der Waals surface area contributed by atoms with Crippen LogP contribution in [-0.2, 0) is 17.8 Å². The summed E-state index contributed by atoms with van der Waals surface area (Å²) < 4.78 is 10.7. The summed E-state index contributed by atoms with van der Waals surface area (Å²) in [5.74, 6) is 1.53.